The van der Waals surface area contributed by atoms with Gasteiger partial charge in [-0.2, -0.15) is 0 Å². The van der Waals surface area contributed by atoms with E-state index in [-0.39, 0.29) is 16.4 Å². The Bertz CT molecular complexity index is 665. The largest absolute Gasteiger partial charge is 0.487 e. The van der Waals surface area contributed by atoms with E-state index in [4.69, 9.17) is 4.74 Å². The van der Waals surface area contributed by atoms with Crippen molar-refractivity contribution in [2.75, 3.05) is 0 Å². The first kappa shape index (κ1) is 17.6. The van der Waals surface area contributed by atoms with Crippen molar-refractivity contribution in [2.45, 2.75) is 90.6 Å². The molecule has 0 amide bonds. The molecular formula is C23H34O. The third-order valence-corrected chi connectivity index (χ3v) is 6.58. The smallest absolute Gasteiger partial charge is 0.124 e. The van der Waals surface area contributed by atoms with Gasteiger partial charge in [-0.05, 0) is 57.1 Å². The van der Waals surface area contributed by atoms with Gasteiger partial charge in [-0.15, -0.1) is 0 Å². The van der Waals surface area contributed by atoms with Crippen molar-refractivity contribution in [2.24, 2.45) is 5.92 Å². The molecule has 1 nitrogen and oxygen atoms in total. The average molecular weight is 327 g/mol. The molecule has 1 aliphatic heterocycles. The summed E-state index contributed by atoms with van der Waals surface area (Å²) in [4.78, 5) is 0. The lowest BCUT2D eigenvalue weighted by Crippen LogP contribution is -2.53. The highest BCUT2D eigenvalue weighted by molar-refractivity contribution is 5.49. The van der Waals surface area contributed by atoms with Crippen LogP contribution in [0.3, 0.4) is 0 Å². The van der Waals surface area contributed by atoms with Gasteiger partial charge in [0, 0.05) is 16.9 Å². The van der Waals surface area contributed by atoms with Crippen LogP contribution in [0.4, 0.5) is 0 Å². The van der Waals surface area contributed by atoms with Crippen LogP contribution in [0.5, 0.6) is 5.75 Å². The van der Waals surface area contributed by atoms with E-state index in [0.717, 1.165) is 18.6 Å². The lowest BCUT2D eigenvalue weighted by Gasteiger charge is -2.53. The first-order valence-electron chi connectivity index (χ1n) is 9.60. The third kappa shape index (κ3) is 2.70. The van der Waals surface area contributed by atoms with Crippen LogP contribution in [0.1, 0.15) is 85.3 Å². The maximum absolute atomic E-state index is 6.57. The molecule has 1 aliphatic carbocycles. The Morgan fingerprint density at radius 2 is 1.92 bits per heavy atom. The monoisotopic (exact) mass is 326 g/mol. The normalized spacial score (nSPS) is 28.5. The van der Waals surface area contributed by atoms with Crippen LogP contribution in [0, 0.1) is 5.92 Å². The summed E-state index contributed by atoms with van der Waals surface area (Å²) < 4.78 is 6.57. The van der Waals surface area contributed by atoms with Gasteiger partial charge in [-0.1, -0.05) is 57.9 Å². The number of allylic oxidation sites excluding steroid dienone is 2. The lowest BCUT2D eigenvalue weighted by atomic mass is 9.57. The highest BCUT2D eigenvalue weighted by atomic mass is 16.5. The molecule has 3 rings (SSSR count). The highest BCUT2D eigenvalue weighted by Crippen LogP contribution is 2.55. The van der Waals surface area contributed by atoms with E-state index in [1.54, 1.807) is 0 Å². The Balaban J connectivity index is 2.10. The summed E-state index contributed by atoms with van der Waals surface area (Å²) in [6.07, 6.45) is 7.10. The highest BCUT2D eigenvalue weighted by Gasteiger charge is 2.51. The quantitative estimate of drug-likeness (QED) is 0.572. The van der Waals surface area contributed by atoms with Gasteiger partial charge in [0.15, 0.2) is 0 Å². The molecule has 24 heavy (non-hydrogen) atoms. The third-order valence-electron chi connectivity index (χ3n) is 6.58. The van der Waals surface area contributed by atoms with Gasteiger partial charge in [0.05, 0.1) is 0 Å². The van der Waals surface area contributed by atoms with Gasteiger partial charge in [0.1, 0.15) is 11.4 Å². The number of hydrogen-bond acceptors (Lipinski definition) is 1. The number of rotatable bonds is 3. The van der Waals surface area contributed by atoms with E-state index in [9.17, 15) is 0 Å². The molecular weight excluding hydrogens is 292 g/mol. The van der Waals surface area contributed by atoms with Crippen molar-refractivity contribution in [3.63, 3.8) is 0 Å². The summed E-state index contributed by atoms with van der Waals surface area (Å²) in [5.41, 5.74) is 4.61. The van der Waals surface area contributed by atoms with Gasteiger partial charge >= 0.3 is 0 Å². The van der Waals surface area contributed by atoms with Gasteiger partial charge < -0.3 is 4.74 Å². The molecule has 0 N–H and O–H groups in total. The summed E-state index contributed by atoms with van der Waals surface area (Å²) in [5, 5.41) is 0. The minimum Gasteiger partial charge on any atom is -0.487 e. The summed E-state index contributed by atoms with van der Waals surface area (Å²) in [7, 11) is 0. The Labute approximate surface area is 148 Å². The lowest BCUT2D eigenvalue weighted by molar-refractivity contribution is -0.0216. The zero-order valence-corrected chi connectivity index (χ0v) is 16.6. The van der Waals surface area contributed by atoms with Crippen molar-refractivity contribution in [1.29, 1.82) is 0 Å². The Morgan fingerprint density at radius 3 is 2.58 bits per heavy atom. The van der Waals surface area contributed by atoms with Crippen molar-refractivity contribution >= 4 is 0 Å². The molecule has 2 aliphatic rings. The molecule has 132 valence electrons. The SMILES string of the molecule is CCCC(C)(C)c1ccc2c(c1)OC(C)(C)[C@@H]1CC=C(C)C[C@@]21C. The first-order chi connectivity index (χ1) is 11.1. The molecule has 0 unspecified atom stereocenters. The number of benzene rings is 1. The van der Waals surface area contributed by atoms with Gasteiger partial charge in [0.25, 0.3) is 0 Å². The molecule has 0 fully saturated rings. The van der Waals surface area contributed by atoms with E-state index in [0.29, 0.717) is 5.92 Å². The van der Waals surface area contributed by atoms with Crippen LogP contribution in [-0.2, 0) is 10.8 Å². The molecule has 1 heteroatoms. The Hall–Kier alpha value is -1.24. The van der Waals surface area contributed by atoms with Gasteiger partial charge in [0.2, 0.25) is 0 Å². The molecule has 0 saturated carbocycles. The maximum Gasteiger partial charge on any atom is 0.124 e. The molecule has 0 saturated heterocycles. The van der Waals surface area contributed by atoms with Crippen molar-refractivity contribution < 1.29 is 4.74 Å². The van der Waals surface area contributed by atoms with Crippen LogP contribution in [0.15, 0.2) is 29.8 Å². The standard InChI is InChI=1S/C23H34O/c1-8-13-21(3,4)17-10-11-18-19(14-17)24-22(5,6)20-12-9-16(2)15-23(18,20)7/h9-11,14,20H,8,12-13,15H2,1-7H3/t20-,23-/m0/s1. The molecule has 0 aromatic heterocycles. The van der Waals surface area contributed by atoms with E-state index in [1.165, 1.54) is 29.5 Å². The molecule has 0 radical (unpaired) electrons. The summed E-state index contributed by atoms with van der Waals surface area (Å²) in [6, 6.07) is 7.05. The minimum absolute atomic E-state index is 0.119. The fourth-order valence-electron chi connectivity index (χ4n) is 5.31. The molecule has 1 aromatic rings. The fraction of sp³-hybridized carbons (Fsp3) is 0.652. The van der Waals surface area contributed by atoms with Crippen LogP contribution in [0.2, 0.25) is 0 Å². The topological polar surface area (TPSA) is 9.23 Å². The summed E-state index contributed by atoms with van der Waals surface area (Å²) in [5.74, 6) is 1.66. The predicted molar refractivity (Wildman–Crippen MR) is 103 cm³/mol. The molecule has 0 bridgehead atoms. The number of fused-ring (bicyclic) bond motifs is 3. The van der Waals surface area contributed by atoms with Crippen LogP contribution in [-0.4, -0.2) is 5.60 Å². The van der Waals surface area contributed by atoms with Crippen LogP contribution in [0.25, 0.3) is 0 Å². The number of ether oxygens (including phenoxy) is 1. The van der Waals surface area contributed by atoms with E-state index in [2.05, 4.69) is 72.7 Å². The second kappa shape index (κ2) is 5.64. The predicted octanol–water partition coefficient (Wildman–Crippen LogP) is 6.55. The van der Waals surface area contributed by atoms with Crippen molar-refractivity contribution in [3.8, 4) is 5.75 Å². The second-order valence-electron chi connectivity index (χ2n) is 9.48. The average Bonchev–Trinajstić information content (AvgIpc) is 2.45. The zero-order chi connectivity index (χ0) is 17.8. The Morgan fingerprint density at radius 1 is 1.21 bits per heavy atom. The molecule has 1 heterocycles. The van der Waals surface area contributed by atoms with E-state index < -0.39 is 0 Å². The van der Waals surface area contributed by atoms with Gasteiger partial charge in [-0.25, -0.2) is 0 Å². The second-order valence-corrected chi connectivity index (χ2v) is 9.48. The van der Waals surface area contributed by atoms with Crippen molar-refractivity contribution in [3.05, 3.63) is 41.0 Å². The molecule has 2 atom stereocenters. The van der Waals surface area contributed by atoms with Crippen molar-refractivity contribution in [1.82, 2.24) is 0 Å². The zero-order valence-electron chi connectivity index (χ0n) is 16.6. The van der Waals surface area contributed by atoms with Crippen LogP contribution < -0.4 is 4.74 Å². The van der Waals surface area contributed by atoms with Crippen LogP contribution >= 0.6 is 0 Å². The molecule has 1 aromatic carbocycles. The minimum atomic E-state index is -0.119. The van der Waals surface area contributed by atoms with E-state index >= 15 is 0 Å². The maximum atomic E-state index is 6.57. The van der Waals surface area contributed by atoms with Gasteiger partial charge in [-0.3, -0.25) is 0 Å². The van der Waals surface area contributed by atoms with E-state index in [1.807, 2.05) is 0 Å². The molecule has 0 spiro atoms. The fourth-order valence-corrected chi connectivity index (χ4v) is 5.31. The first-order valence-corrected chi connectivity index (χ1v) is 9.60. The Kier molecular flexibility index (Phi) is 4.13. The summed E-state index contributed by atoms with van der Waals surface area (Å²) in [6.45, 7) is 16.3. The summed E-state index contributed by atoms with van der Waals surface area (Å²) >= 11 is 0. The number of hydrogen-bond donors (Lipinski definition) is 0.